The fraction of sp³-hybridized carbons (Fsp3) is 0.900. The maximum atomic E-state index is 10.7. The second kappa shape index (κ2) is 3.66. The molecule has 1 N–H and O–H groups in total. The Morgan fingerprint density at radius 2 is 2.00 bits per heavy atom. The van der Waals surface area contributed by atoms with Gasteiger partial charge in [-0.05, 0) is 5.41 Å². The van der Waals surface area contributed by atoms with Gasteiger partial charge in [-0.2, -0.15) is 0 Å². The largest absolute Gasteiger partial charge is 0.351 e. The van der Waals surface area contributed by atoms with Gasteiger partial charge in [0.1, 0.15) is 0 Å². The van der Waals surface area contributed by atoms with Gasteiger partial charge in [0, 0.05) is 26.6 Å². The van der Waals surface area contributed by atoms with Crippen LogP contribution in [-0.4, -0.2) is 36.5 Å². The maximum Gasteiger partial charge on any atom is 0.217 e. The number of hydrogen-bond acceptors (Lipinski definition) is 2. The molecule has 1 heterocycles. The van der Waals surface area contributed by atoms with Crippen LogP contribution in [0.3, 0.4) is 0 Å². The van der Waals surface area contributed by atoms with E-state index in [1.54, 1.807) is 6.92 Å². The summed E-state index contributed by atoms with van der Waals surface area (Å²) in [6.45, 7) is 11.4. The van der Waals surface area contributed by atoms with Crippen molar-refractivity contribution in [3.8, 4) is 0 Å². The molecule has 1 rings (SSSR count). The third kappa shape index (κ3) is 3.77. The SMILES string of the molecule is CC(=O)NC1CN(CC(C)(C)C)C1. The molecule has 0 bridgehead atoms. The Hall–Kier alpha value is -0.570. The van der Waals surface area contributed by atoms with Gasteiger partial charge in [0.2, 0.25) is 5.91 Å². The molecule has 76 valence electrons. The van der Waals surface area contributed by atoms with E-state index in [0.717, 1.165) is 19.6 Å². The molecule has 1 aliphatic rings. The Kier molecular flexibility index (Phi) is 2.96. The Morgan fingerprint density at radius 1 is 1.46 bits per heavy atom. The average molecular weight is 184 g/mol. The van der Waals surface area contributed by atoms with Gasteiger partial charge in [-0.1, -0.05) is 20.8 Å². The topological polar surface area (TPSA) is 32.3 Å². The second-order valence-corrected chi connectivity index (χ2v) is 5.15. The van der Waals surface area contributed by atoms with Crippen LogP contribution in [0.15, 0.2) is 0 Å². The van der Waals surface area contributed by atoms with E-state index in [9.17, 15) is 4.79 Å². The molecule has 3 nitrogen and oxygen atoms in total. The summed E-state index contributed by atoms with van der Waals surface area (Å²) in [5, 5.41) is 2.91. The Balaban J connectivity index is 2.15. The molecule has 0 aromatic carbocycles. The number of nitrogens with one attached hydrogen (secondary N) is 1. The zero-order chi connectivity index (χ0) is 10.1. The summed E-state index contributed by atoms with van der Waals surface area (Å²) >= 11 is 0. The van der Waals surface area contributed by atoms with Crippen LogP contribution in [0, 0.1) is 5.41 Å². The van der Waals surface area contributed by atoms with Gasteiger partial charge in [-0.25, -0.2) is 0 Å². The number of likely N-dealkylation sites (tertiary alicyclic amines) is 1. The van der Waals surface area contributed by atoms with Crippen LogP contribution in [0.4, 0.5) is 0 Å². The Labute approximate surface area is 80.5 Å². The minimum atomic E-state index is 0.0837. The van der Waals surface area contributed by atoms with Gasteiger partial charge in [0.05, 0.1) is 6.04 Å². The van der Waals surface area contributed by atoms with Gasteiger partial charge >= 0.3 is 0 Å². The van der Waals surface area contributed by atoms with Crippen molar-refractivity contribution >= 4 is 5.91 Å². The molecule has 0 spiro atoms. The summed E-state index contributed by atoms with van der Waals surface area (Å²) in [7, 11) is 0. The van der Waals surface area contributed by atoms with Crippen molar-refractivity contribution in [1.82, 2.24) is 10.2 Å². The summed E-state index contributed by atoms with van der Waals surface area (Å²) < 4.78 is 0. The van der Waals surface area contributed by atoms with Gasteiger partial charge in [0.15, 0.2) is 0 Å². The lowest BCUT2D eigenvalue weighted by Gasteiger charge is -2.42. The standard InChI is InChI=1S/C10H20N2O/c1-8(13)11-9-5-12(6-9)7-10(2,3)4/h9H,5-7H2,1-4H3,(H,11,13). The minimum absolute atomic E-state index is 0.0837. The number of carbonyl (C=O) groups excluding carboxylic acids is 1. The first-order valence-corrected chi connectivity index (χ1v) is 4.86. The third-order valence-corrected chi connectivity index (χ3v) is 2.06. The molecule has 1 fully saturated rings. The summed E-state index contributed by atoms with van der Waals surface area (Å²) in [4.78, 5) is 13.1. The maximum absolute atomic E-state index is 10.7. The van der Waals surface area contributed by atoms with Crippen LogP contribution in [-0.2, 0) is 4.79 Å². The van der Waals surface area contributed by atoms with Gasteiger partial charge < -0.3 is 5.32 Å². The van der Waals surface area contributed by atoms with E-state index in [4.69, 9.17) is 0 Å². The highest BCUT2D eigenvalue weighted by Crippen LogP contribution is 2.19. The predicted octanol–water partition coefficient (Wildman–Crippen LogP) is 0.853. The van der Waals surface area contributed by atoms with Gasteiger partial charge in [0.25, 0.3) is 0 Å². The number of carbonyl (C=O) groups is 1. The van der Waals surface area contributed by atoms with Crippen molar-refractivity contribution in [1.29, 1.82) is 0 Å². The van der Waals surface area contributed by atoms with Crippen LogP contribution < -0.4 is 5.32 Å². The average Bonchev–Trinajstić information content (AvgIpc) is 1.78. The van der Waals surface area contributed by atoms with Crippen LogP contribution in [0.25, 0.3) is 0 Å². The first-order chi connectivity index (χ1) is 5.87. The smallest absolute Gasteiger partial charge is 0.217 e. The first-order valence-electron chi connectivity index (χ1n) is 4.86. The summed E-state index contributed by atoms with van der Waals surface area (Å²) in [5.74, 6) is 0.0837. The van der Waals surface area contributed by atoms with E-state index < -0.39 is 0 Å². The molecule has 0 unspecified atom stereocenters. The number of rotatable bonds is 2. The van der Waals surface area contributed by atoms with E-state index in [-0.39, 0.29) is 5.91 Å². The molecule has 0 aromatic heterocycles. The fourth-order valence-corrected chi connectivity index (χ4v) is 1.75. The highest BCUT2D eigenvalue weighted by atomic mass is 16.1. The molecule has 1 amide bonds. The molecule has 0 atom stereocenters. The minimum Gasteiger partial charge on any atom is -0.351 e. The molecule has 13 heavy (non-hydrogen) atoms. The quantitative estimate of drug-likeness (QED) is 0.690. The van der Waals surface area contributed by atoms with E-state index in [1.165, 1.54) is 0 Å². The molecule has 0 radical (unpaired) electrons. The third-order valence-electron chi connectivity index (χ3n) is 2.06. The van der Waals surface area contributed by atoms with Crippen LogP contribution in [0.5, 0.6) is 0 Å². The van der Waals surface area contributed by atoms with Crippen molar-refractivity contribution in [3.63, 3.8) is 0 Å². The van der Waals surface area contributed by atoms with Crippen molar-refractivity contribution in [3.05, 3.63) is 0 Å². The highest BCUT2D eigenvalue weighted by molar-refractivity contribution is 5.73. The lowest BCUT2D eigenvalue weighted by molar-refractivity contribution is -0.120. The van der Waals surface area contributed by atoms with Crippen molar-refractivity contribution < 1.29 is 4.79 Å². The van der Waals surface area contributed by atoms with Crippen LogP contribution >= 0.6 is 0 Å². The fourth-order valence-electron chi connectivity index (χ4n) is 1.75. The highest BCUT2D eigenvalue weighted by Gasteiger charge is 2.29. The summed E-state index contributed by atoms with van der Waals surface area (Å²) in [6.07, 6.45) is 0. The monoisotopic (exact) mass is 184 g/mol. The van der Waals surface area contributed by atoms with E-state index in [1.807, 2.05) is 0 Å². The molecule has 3 heteroatoms. The molecule has 0 aliphatic carbocycles. The van der Waals surface area contributed by atoms with E-state index >= 15 is 0 Å². The first kappa shape index (κ1) is 10.5. The Bertz CT molecular complexity index is 190. The lowest BCUT2D eigenvalue weighted by Crippen LogP contribution is -2.60. The Morgan fingerprint density at radius 3 is 2.38 bits per heavy atom. The number of nitrogens with zero attached hydrogens (tertiary/aromatic N) is 1. The normalized spacial score (nSPS) is 19.7. The van der Waals surface area contributed by atoms with Crippen LogP contribution in [0.2, 0.25) is 0 Å². The van der Waals surface area contributed by atoms with E-state index in [2.05, 4.69) is 31.0 Å². The second-order valence-electron chi connectivity index (χ2n) is 5.15. The lowest BCUT2D eigenvalue weighted by atomic mass is 9.93. The summed E-state index contributed by atoms with van der Waals surface area (Å²) in [5.41, 5.74) is 0.362. The molecule has 1 saturated heterocycles. The zero-order valence-corrected chi connectivity index (χ0v) is 9.05. The molecular weight excluding hydrogens is 164 g/mol. The van der Waals surface area contributed by atoms with E-state index in [0.29, 0.717) is 11.5 Å². The molecule has 0 saturated carbocycles. The molecule has 0 aromatic rings. The predicted molar refractivity (Wildman–Crippen MR) is 53.5 cm³/mol. The molecular formula is C10H20N2O. The number of hydrogen-bond donors (Lipinski definition) is 1. The van der Waals surface area contributed by atoms with Crippen molar-refractivity contribution in [2.24, 2.45) is 5.41 Å². The van der Waals surface area contributed by atoms with Gasteiger partial charge in [-0.3, -0.25) is 9.69 Å². The number of amides is 1. The molecule has 1 aliphatic heterocycles. The summed E-state index contributed by atoms with van der Waals surface area (Å²) in [6, 6.07) is 0.389. The van der Waals surface area contributed by atoms with Gasteiger partial charge in [-0.15, -0.1) is 0 Å². The van der Waals surface area contributed by atoms with Crippen LogP contribution in [0.1, 0.15) is 27.7 Å². The van der Waals surface area contributed by atoms with Crippen molar-refractivity contribution in [2.45, 2.75) is 33.7 Å². The zero-order valence-electron chi connectivity index (χ0n) is 9.05. The van der Waals surface area contributed by atoms with Crippen molar-refractivity contribution in [2.75, 3.05) is 19.6 Å².